The third kappa shape index (κ3) is 1.78. The van der Waals surface area contributed by atoms with Gasteiger partial charge in [-0.15, -0.1) is 0 Å². The van der Waals surface area contributed by atoms with Crippen molar-refractivity contribution in [2.75, 3.05) is 27.2 Å². The molecule has 0 N–H and O–H groups in total. The number of hydrogen-bond acceptors (Lipinski definition) is 7. The van der Waals surface area contributed by atoms with Crippen molar-refractivity contribution in [3.8, 4) is 0 Å². The number of carbonyl (C=O) groups is 1. The van der Waals surface area contributed by atoms with E-state index in [-0.39, 0.29) is 27.2 Å². The molecule has 14 heavy (non-hydrogen) atoms. The summed E-state index contributed by atoms with van der Waals surface area (Å²) in [6.45, 7) is -0.00664. The van der Waals surface area contributed by atoms with Gasteiger partial charge in [-0.2, -0.15) is 0 Å². The first-order valence-electron chi connectivity index (χ1n) is 4.00. The molecule has 0 spiro atoms. The van der Waals surface area contributed by atoms with Gasteiger partial charge in [-0.25, -0.2) is 0 Å². The molecule has 0 aromatic heterocycles. The highest BCUT2D eigenvalue weighted by Crippen LogP contribution is 2.24. The van der Waals surface area contributed by atoms with Crippen LogP contribution in [-0.2, 0) is 33.2 Å². The molecular formula is C7H10O7. The molecule has 0 aromatic carbocycles. The molecule has 0 unspecified atom stereocenters. The van der Waals surface area contributed by atoms with Crippen molar-refractivity contribution in [2.45, 2.75) is 12.1 Å². The first-order valence-corrected chi connectivity index (χ1v) is 4.00. The van der Waals surface area contributed by atoms with Crippen molar-refractivity contribution in [2.24, 2.45) is 0 Å². The largest absolute Gasteiger partial charge is 0.329 e. The van der Waals surface area contributed by atoms with E-state index in [9.17, 15) is 4.79 Å². The molecule has 80 valence electrons. The van der Waals surface area contributed by atoms with Crippen molar-refractivity contribution >= 4 is 6.29 Å². The van der Waals surface area contributed by atoms with Crippen LogP contribution < -0.4 is 0 Å². The molecule has 7 nitrogen and oxygen atoms in total. The minimum Gasteiger partial charge on any atom is -0.329 e. The summed E-state index contributed by atoms with van der Waals surface area (Å²) >= 11 is 0. The van der Waals surface area contributed by atoms with Crippen LogP contribution in [0.1, 0.15) is 0 Å². The maximum atomic E-state index is 10.9. The van der Waals surface area contributed by atoms with E-state index in [1.165, 1.54) is 0 Å². The topological polar surface area (TPSA) is 72.5 Å². The molecule has 0 aromatic rings. The summed E-state index contributed by atoms with van der Waals surface area (Å²) in [6, 6.07) is 0. The zero-order valence-electron chi connectivity index (χ0n) is 7.34. The highest BCUT2D eigenvalue weighted by Gasteiger charge is 2.47. The van der Waals surface area contributed by atoms with Crippen molar-refractivity contribution < 1.29 is 33.2 Å². The molecule has 0 atom stereocenters. The van der Waals surface area contributed by atoms with Gasteiger partial charge in [0.15, 0.2) is 33.5 Å². The lowest BCUT2D eigenvalue weighted by molar-refractivity contribution is -0.431. The average Bonchev–Trinajstić information content (AvgIpc) is 2.31. The zero-order valence-corrected chi connectivity index (χ0v) is 7.34. The van der Waals surface area contributed by atoms with Crippen LogP contribution in [0.25, 0.3) is 0 Å². The lowest BCUT2D eigenvalue weighted by Crippen LogP contribution is -2.56. The lowest BCUT2D eigenvalue weighted by atomic mass is 10.3. The Bertz CT molecular complexity index is 194. The predicted octanol–water partition coefficient (Wildman–Crippen LogP) is -0.836. The smallest absolute Gasteiger partial charge is 0.283 e. The maximum Gasteiger partial charge on any atom is 0.283 e. The number of aldehydes is 1. The molecular weight excluding hydrogens is 196 g/mol. The minimum atomic E-state index is -1.54. The number of hydrogen-bond donors (Lipinski definition) is 0. The number of rotatable bonds is 2. The quantitative estimate of drug-likeness (QED) is 0.545. The van der Waals surface area contributed by atoms with E-state index in [4.69, 9.17) is 28.4 Å². The molecule has 0 bridgehead atoms. The fraction of sp³-hybridized carbons (Fsp3) is 0.857. The fourth-order valence-electron chi connectivity index (χ4n) is 1.14. The van der Waals surface area contributed by atoms with Gasteiger partial charge in [-0.05, 0) is 0 Å². The Morgan fingerprint density at radius 2 is 1.57 bits per heavy atom. The van der Waals surface area contributed by atoms with Crippen LogP contribution in [0.5, 0.6) is 0 Å². The minimum absolute atomic E-state index is 0.0355. The van der Waals surface area contributed by atoms with Gasteiger partial charge < -0.3 is 28.4 Å². The summed E-state index contributed by atoms with van der Waals surface area (Å²) in [5.41, 5.74) is 0. The third-order valence-corrected chi connectivity index (χ3v) is 1.83. The summed E-state index contributed by atoms with van der Waals surface area (Å²) in [5.74, 6) is -1.54. The zero-order chi connectivity index (χ0) is 9.86. The summed E-state index contributed by atoms with van der Waals surface area (Å²) in [6.07, 6.45) is -0.427. The van der Waals surface area contributed by atoms with Gasteiger partial charge in [0, 0.05) is 0 Å². The first-order chi connectivity index (χ1) is 6.87. The highest BCUT2D eigenvalue weighted by atomic mass is 16.9. The van der Waals surface area contributed by atoms with Crippen molar-refractivity contribution in [3.05, 3.63) is 0 Å². The second-order valence-electron chi connectivity index (χ2n) is 2.67. The molecule has 0 saturated carbocycles. The highest BCUT2D eigenvalue weighted by molar-refractivity contribution is 5.61. The van der Waals surface area contributed by atoms with Crippen molar-refractivity contribution in [1.82, 2.24) is 0 Å². The Labute approximate surface area is 79.8 Å². The Kier molecular flexibility index (Phi) is 3.06. The molecule has 2 fully saturated rings. The third-order valence-electron chi connectivity index (χ3n) is 1.83. The predicted molar refractivity (Wildman–Crippen MR) is 38.6 cm³/mol. The SMILES string of the molecule is O=CC1(C2OCOCO2)OCOCO1. The molecule has 2 aliphatic rings. The van der Waals surface area contributed by atoms with Gasteiger partial charge in [0.2, 0.25) is 6.29 Å². The van der Waals surface area contributed by atoms with E-state index in [0.29, 0.717) is 6.29 Å². The normalized spacial score (nSPS) is 28.6. The van der Waals surface area contributed by atoms with E-state index >= 15 is 0 Å². The molecule has 2 saturated heterocycles. The molecule has 0 radical (unpaired) electrons. The average molecular weight is 206 g/mol. The number of ether oxygens (including phenoxy) is 6. The second-order valence-corrected chi connectivity index (χ2v) is 2.67. The Morgan fingerprint density at radius 3 is 2.14 bits per heavy atom. The number of carbonyl (C=O) groups excluding carboxylic acids is 1. The van der Waals surface area contributed by atoms with E-state index in [1.54, 1.807) is 0 Å². The second kappa shape index (κ2) is 4.30. The summed E-state index contributed by atoms with van der Waals surface area (Å²) in [4.78, 5) is 10.9. The summed E-state index contributed by atoms with van der Waals surface area (Å²) < 4.78 is 29.7. The van der Waals surface area contributed by atoms with Gasteiger partial charge in [-0.3, -0.25) is 4.79 Å². The molecule has 0 aliphatic carbocycles. The van der Waals surface area contributed by atoms with Crippen LogP contribution in [0.4, 0.5) is 0 Å². The van der Waals surface area contributed by atoms with Crippen LogP contribution in [0, 0.1) is 0 Å². The van der Waals surface area contributed by atoms with Crippen LogP contribution in [0.2, 0.25) is 0 Å². The molecule has 2 heterocycles. The van der Waals surface area contributed by atoms with Gasteiger partial charge >= 0.3 is 0 Å². The Morgan fingerprint density at radius 1 is 1.00 bits per heavy atom. The van der Waals surface area contributed by atoms with Gasteiger partial charge in [0.25, 0.3) is 5.79 Å². The molecule has 0 amide bonds. The van der Waals surface area contributed by atoms with Crippen LogP contribution in [-0.4, -0.2) is 45.5 Å². The first kappa shape index (κ1) is 9.97. The summed E-state index contributed by atoms with van der Waals surface area (Å²) in [5, 5.41) is 0. The van der Waals surface area contributed by atoms with Gasteiger partial charge in [0.1, 0.15) is 0 Å². The molecule has 2 rings (SSSR count). The van der Waals surface area contributed by atoms with E-state index in [1.807, 2.05) is 0 Å². The maximum absolute atomic E-state index is 10.9. The van der Waals surface area contributed by atoms with Crippen molar-refractivity contribution in [3.63, 3.8) is 0 Å². The molecule has 2 aliphatic heterocycles. The molecule has 7 heteroatoms. The van der Waals surface area contributed by atoms with Crippen LogP contribution in [0.3, 0.4) is 0 Å². The van der Waals surface area contributed by atoms with E-state index in [2.05, 4.69) is 0 Å². The van der Waals surface area contributed by atoms with Crippen LogP contribution >= 0.6 is 0 Å². The summed E-state index contributed by atoms with van der Waals surface area (Å²) in [7, 11) is 0. The monoisotopic (exact) mass is 206 g/mol. The van der Waals surface area contributed by atoms with Crippen molar-refractivity contribution in [1.29, 1.82) is 0 Å². The van der Waals surface area contributed by atoms with Crippen LogP contribution in [0.15, 0.2) is 0 Å². The Balaban J connectivity index is 2.04. The Hall–Kier alpha value is -0.570. The van der Waals surface area contributed by atoms with E-state index < -0.39 is 12.1 Å². The van der Waals surface area contributed by atoms with E-state index in [0.717, 1.165) is 0 Å². The standard InChI is InChI=1S/C7H10O7/c8-1-7(13-4-10-5-14-7)6-11-2-9-3-12-6/h1,6H,2-5H2. The van der Waals surface area contributed by atoms with Gasteiger partial charge in [0.05, 0.1) is 0 Å². The fourth-order valence-corrected chi connectivity index (χ4v) is 1.14. The van der Waals surface area contributed by atoms with Gasteiger partial charge in [-0.1, -0.05) is 0 Å². The lowest BCUT2D eigenvalue weighted by Gasteiger charge is -2.38.